The van der Waals surface area contributed by atoms with Gasteiger partial charge in [-0.2, -0.15) is 11.3 Å². The fraction of sp³-hybridized carbons (Fsp3) is 0.143. The van der Waals surface area contributed by atoms with Crippen LogP contribution < -0.4 is 15.7 Å². The van der Waals surface area contributed by atoms with E-state index in [0.717, 1.165) is 0 Å². The molecule has 0 aliphatic heterocycles. The number of carbonyl (C=O) groups is 1. The molecule has 3 aromatic heterocycles. The van der Waals surface area contributed by atoms with Crippen LogP contribution in [0.25, 0.3) is 21.4 Å². The molecule has 1 amide bonds. The fourth-order valence-corrected chi connectivity index (χ4v) is 4.64. The van der Waals surface area contributed by atoms with Crippen LogP contribution in [-0.4, -0.2) is 19.6 Å². The summed E-state index contributed by atoms with van der Waals surface area (Å²) in [4.78, 5) is 27.1. The van der Waals surface area contributed by atoms with Crippen LogP contribution in [0.5, 0.6) is 5.75 Å². The average molecular weight is 412 g/mol. The highest BCUT2D eigenvalue weighted by Gasteiger charge is 2.15. The summed E-state index contributed by atoms with van der Waals surface area (Å²) in [7, 11) is 1.50. The van der Waals surface area contributed by atoms with Crippen molar-refractivity contribution >= 4 is 39.5 Å². The molecule has 0 aliphatic rings. The number of thiophene rings is 2. The van der Waals surface area contributed by atoms with Gasteiger partial charge in [0.2, 0.25) is 0 Å². The standard InChI is InChI=1S/C21H17NO4S2/c1-25-17-4-2-3-13-11-16(21(24)26-19(13)17)20(23)22-9-7-15-5-6-18(28-15)14-8-10-27-12-14/h2-6,8,10-12H,7,9H2,1H3,(H,22,23). The highest BCUT2D eigenvalue weighted by Crippen LogP contribution is 2.29. The lowest BCUT2D eigenvalue weighted by Gasteiger charge is -2.06. The van der Waals surface area contributed by atoms with Crippen molar-refractivity contribution in [2.75, 3.05) is 13.7 Å². The normalized spacial score (nSPS) is 10.9. The number of benzene rings is 1. The van der Waals surface area contributed by atoms with Crippen molar-refractivity contribution in [3.8, 4) is 16.2 Å². The zero-order valence-corrected chi connectivity index (χ0v) is 16.7. The molecule has 0 fully saturated rings. The molecule has 0 spiro atoms. The Morgan fingerprint density at radius 3 is 2.89 bits per heavy atom. The van der Waals surface area contributed by atoms with Crippen LogP contribution in [0.15, 0.2) is 62.4 Å². The van der Waals surface area contributed by atoms with E-state index < -0.39 is 11.5 Å². The second-order valence-corrected chi connectivity index (χ2v) is 8.06. The maximum atomic E-state index is 12.4. The number of methoxy groups -OCH3 is 1. The quantitative estimate of drug-likeness (QED) is 0.472. The third-order valence-corrected chi connectivity index (χ3v) is 6.19. The molecule has 0 saturated carbocycles. The molecule has 0 aliphatic carbocycles. The first-order valence-electron chi connectivity index (χ1n) is 8.66. The number of carbonyl (C=O) groups excluding carboxylic acids is 1. The lowest BCUT2D eigenvalue weighted by Crippen LogP contribution is -2.29. The van der Waals surface area contributed by atoms with Crippen molar-refractivity contribution in [2.45, 2.75) is 6.42 Å². The molecule has 142 valence electrons. The number of hydrogen-bond donors (Lipinski definition) is 1. The summed E-state index contributed by atoms with van der Waals surface area (Å²) in [6.07, 6.45) is 0.702. The van der Waals surface area contributed by atoms with Gasteiger partial charge < -0.3 is 14.5 Å². The molecule has 1 aromatic carbocycles. The number of amides is 1. The van der Waals surface area contributed by atoms with Crippen LogP contribution in [0.2, 0.25) is 0 Å². The van der Waals surface area contributed by atoms with Crippen LogP contribution in [0, 0.1) is 0 Å². The summed E-state index contributed by atoms with van der Waals surface area (Å²) in [6, 6.07) is 13.1. The van der Waals surface area contributed by atoms with Crippen LogP contribution in [0.4, 0.5) is 0 Å². The van der Waals surface area contributed by atoms with Crippen LogP contribution in [-0.2, 0) is 6.42 Å². The molecule has 28 heavy (non-hydrogen) atoms. The first-order chi connectivity index (χ1) is 13.7. The van der Waals surface area contributed by atoms with Gasteiger partial charge in [0.15, 0.2) is 11.3 Å². The molecule has 7 heteroatoms. The summed E-state index contributed by atoms with van der Waals surface area (Å²) >= 11 is 3.38. The highest BCUT2D eigenvalue weighted by atomic mass is 32.1. The molecular weight excluding hydrogens is 394 g/mol. The van der Waals surface area contributed by atoms with E-state index in [1.54, 1.807) is 46.9 Å². The van der Waals surface area contributed by atoms with Crippen molar-refractivity contribution in [1.29, 1.82) is 0 Å². The molecule has 0 bridgehead atoms. The number of hydrogen-bond acceptors (Lipinski definition) is 6. The summed E-state index contributed by atoms with van der Waals surface area (Å²) in [5.41, 5.74) is 0.872. The summed E-state index contributed by atoms with van der Waals surface area (Å²) < 4.78 is 10.5. The van der Waals surface area contributed by atoms with Gasteiger partial charge in [0.1, 0.15) is 5.56 Å². The third-order valence-electron chi connectivity index (χ3n) is 4.31. The predicted molar refractivity (Wildman–Crippen MR) is 113 cm³/mol. The summed E-state index contributed by atoms with van der Waals surface area (Å²) in [5, 5.41) is 7.62. The molecular formula is C21H17NO4S2. The average Bonchev–Trinajstić information content (AvgIpc) is 3.38. The lowest BCUT2D eigenvalue weighted by atomic mass is 10.1. The van der Waals surface area contributed by atoms with E-state index in [-0.39, 0.29) is 5.56 Å². The first kappa shape index (κ1) is 18.5. The van der Waals surface area contributed by atoms with E-state index in [1.807, 2.05) is 0 Å². The Labute approximate surface area is 169 Å². The van der Waals surface area contributed by atoms with Gasteiger partial charge >= 0.3 is 5.63 Å². The first-order valence-corrected chi connectivity index (χ1v) is 10.4. The van der Waals surface area contributed by atoms with Crippen molar-refractivity contribution in [3.05, 3.63) is 74.1 Å². The van der Waals surface area contributed by atoms with Gasteiger partial charge in [-0.1, -0.05) is 12.1 Å². The number of fused-ring (bicyclic) bond motifs is 1. The van der Waals surface area contributed by atoms with E-state index >= 15 is 0 Å². The molecule has 4 rings (SSSR count). The molecule has 0 radical (unpaired) electrons. The summed E-state index contributed by atoms with van der Waals surface area (Å²) in [6.45, 7) is 0.442. The second kappa shape index (κ2) is 8.00. The van der Waals surface area contributed by atoms with Crippen LogP contribution in [0.3, 0.4) is 0 Å². The van der Waals surface area contributed by atoms with E-state index in [9.17, 15) is 9.59 Å². The Kier molecular flexibility index (Phi) is 5.27. The van der Waals surface area contributed by atoms with Gasteiger partial charge in [0.25, 0.3) is 5.91 Å². The maximum Gasteiger partial charge on any atom is 0.349 e. The largest absolute Gasteiger partial charge is 0.493 e. The molecule has 0 atom stereocenters. The molecule has 4 aromatic rings. The third kappa shape index (κ3) is 3.72. The van der Waals surface area contributed by atoms with E-state index in [0.29, 0.717) is 29.7 Å². The zero-order valence-electron chi connectivity index (χ0n) is 15.1. The topological polar surface area (TPSA) is 68.5 Å². The Hall–Kier alpha value is -2.90. The van der Waals surface area contributed by atoms with Crippen LogP contribution >= 0.6 is 22.7 Å². The van der Waals surface area contributed by atoms with E-state index in [2.05, 4.69) is 34.3 Å². The maximum absolute atomic E-state index is 12.4. The molecule has 0 saturated heterocycles. The number of rotatable bonds is 6. The van der Waals surface area contributed by atoms with Crippen molar-refractivity contribution in [1.82, 2.24) is 5.32 Å². The van der Waals surface area contributed by atoms with Gasteiger partial charge in [-0.3, -0.25) is 4.79 Å². The molecule has 0 unspecified atom stereocenters. The van der Waals surface area contributed by atoms with E-state index in [4.69, 9.17) is 9.15 Å². The van der Waals surface area contributed by atoms with E-state index in [1.165, 1.54) is 22.4 Å². The molecule has 1 N–H and O–H groups in total. The minimum Gasteiger partial charge on any atom is -0.493 e. The predicted octanol–water partition coefficient (Wildman–Crippen LogP) is 4.56. The second-order valence-electron chi connectivity index (χ2n) is 6.11. The Morgan fingerprint density at radius 2 is 2.11 bits per heavy atom. The van der Waals surface area contributed by atoms with Gasteiger partial charge in [0.05, 0.1) is 7.11 Å². The number of nitrogens with one attached hydrogen (secondary N) is 1. The van der Waals surface area contributed by atoms with Crippen LogP contribution in [0.1, 0.15) is 15.2 Å². The van der Waals surface area contributed by atoms with Crippen molar-refractivity contribution in [3.63, 3.8) is 0 Å². The summed E-state index contributed by atoms with van der Waals surface area (Å²) in [5.74, 6) is 0.0220. The zero-order chi connectivity index (χ0) is 19.5. The minimum absolute atomic E-state index is 0.00843. The monoisotopic (exact) mass is 411 g/mol. The lowest BCUT2D eigenvalue weighted by molar-refractivity contribution is 0.0950. The Morgan fingerprint density at radius 1 is 1.21 bits per heavy atom. The number of ether oxygens (including phenoxy) is 1. The van der Waals surface area contributed by atoms with Crippen molar-refractivity contribution in [2.24, 2.45) is 0 Å². The SMILES string of the molecule is COc1cccc2cc(C(=O)NCCc3ccc(-c4ccsc4)s3)c(=O)oc12. The Balaban J connectivity index is 1.44. The fourth-order valence-electron chi connectivity index (χ4n) is 2.90. The number of para-hydroxylation sites is 1. The van der Waals surface area contributed by atoms with Gasteiger partial charge in [-0.15, -0.1) is 11.3 Å². The molecule has 5 nitrogen and oxygen atoms in total. The molecule has 3 heterocycles. The van der Waals surface area contributed by atoms with Gasteiger partial charge in [-0.05, 0) is 47.5 Å². The van der Waals surface area contributed by atoms with Crippen molar-refractivity contribution < 1.29 is 13.9 Å². The minimum atomic E-state index is -0.676. The van der Waals surface area contributed by atoms with Gasteiger partial charge in [-0.25, -0.2) is 4.79 Å². The Bertz CT molecular complexity index is 1170. The van der Waals surface area contributed by atoms with Gasteiger partial charge in [0, 0.05) is 27.2 Å². The smallest absolute Gasteiger partial charge is 0.349 e. The highest BCUT2D eigenvalue weighted by molar-refractivity contribution is 7.16.